The fourth-order valence-corrected chi connectivity index (χ4v) is 4.80. The van der Waals surface area contributed by atoms with Crippen molar-refractivity contribution in [3.05, 3.63) is 42.2 Å². The number of hydrogen-bond donors (Lipinski definition) is 1. The van der Waals surface area contributed by atoms with Crippen LogP contribution < -0.4 is 14.4 Å². The van der Waals surface area contributed by atoms with Crippen molar-refractivity contribution in [1.82, 2.24) is 9.97 Å². The molecular formula is C25H29N5O4S. The summed E-state index contributed by atoms with van der Waals surface area (Å²) in [5.74, 6) is 0.473. The van der Waals surface area contributed by atoms with E-state index >= 15 is 0 Å². The Morgan fingerprint density at radius 1 is 1.23 bits per heavy atom. The SMILES string of the molecule is COc1ncc(-c2ccc3ncc(C#N)c(N4CCOC(C)(C(C)C)C4)c3c2)cc1NS(C)(=O)=O. The van der Waals surface area contributed by atoms with Gasteiger partial charge in [-0.25, -0.2) is 13.4 Å². The summed E-state index contributed by atoms with van der Waals surface area (Å²) in [6, 6.07) is 9.74. The second-order valence-electron chi connectivity index (χ2n) is 9.26. The Balaban J connectivity index is 1.85. The van der Waals surface area contributed by atoms with Crippen LogP contribution in [0.1, 0.15) is 26.3 Å². The third-order valence-corrected chi connectivity index (χ3v) is 7.06. The van der Waals surface area contributed by atoms with Gasteiger partial charge in [-0.1, -0.05) is 19.9 Å². The quantitative estimate of drug-likeness (QED) is 0.549. The Hall–Kier alpha value is -3.42. The molecule has 0 amide bonds. The summed E-state index contributed by atoms with van der Waals surface area (Å²) >= 11 is 0. The van der Waals surface area contributed by atoms with Crippen molar-refractivity contribution >= 4 is 32.3 Å². The molecule has 1 aliphatic heterocycles. The highest BCUT2D eigenvalue weighted by Gasteiger charge is 2.36. The number of anilines is 2. The number of ether oxygens (including phenoxy) is 2. The van der Waals surface area contributed by atoms with E-state index in [1.807, 2.05) is 18.2 Å². The molecule has 1 atom stereocenters. The van der Waals surface area contributed by atoms with Crippen molar-refractivity contribution in [2.24, 2.45) is 5.92 Å². The van der Waals surface area contributed by atoms with Gasteiger partial charge in [0, 0.05) is 36.4 Å². The Labute approximate surface area is 205 Å². The lowest BCUT2D eigenvalue weighted by Gasteiger charge is -2.44. The number of nitrogens with one attached hydrogen (secondary N) is 1. The van der Waals surface area contributed by atoms with Crippen LogP contribution in [0.4, 0.5) is 11.4 Å². The molecule has 10 heteroatoms. The molecule has 1 aliphatic rings. The molecule has 4 rings (SSSR count). The zero-order valence-corrected chi connectivity index (χ0v) is 21.3. The standard InChI is InChI=1S/C25H29N5O4S/c1-16(2)25(3)15-30(8-9-34-25)23-19(12-26)14-27-21-7-6-17(10-20(21)23)18-11-22(29-35(5,31)32)24(33-4)28-13-18/h6-7,10-11,13-14,16,29H,8-9,15H2,1-5H3. The number of aromatic nitrogens is 2. The first-order chi connectivity index (χ1) is 16.5. The van der Waals surface area contributed by atoms with E-state index in [1.165, 1.54) is 7.11 Å². The van der Waals surface area contributed by atoms with Crippen molar-refractivity contribution in [2.45, 2.75) is 26.4 Å². The van der Waals surface area contributed by atoms with Crippen molar-refractivity contribution in [2.75, 3.05) is 42.7 Å². The molecule has 1 aromatic carbocycles. The number of pyridine rings is 2. The van der Waals surface area contributed by atoms with E-state index in [-0.39, 0.29) is 17.2 Å². The van der Waals surface area contributed by atoms with Gasteiger partial charge in [0.15, 0.2) is 0 Å². The molecular weight excluding hydrogens is 466 g/mol. The first kappa shape index (κ1) is 24.7. The summed E-state index contributed by atoms with van der Waals surface area (Å²) in [6.45, 7) is 8.24. The Morgan fingerprint density at radius 3 is 2.66 bits per heavy atom. The van der Waals surface area contributed by atoms with Crippen molar-refractivity contribution in [3.8, 4) is 23.1 Å². The number of methoxy groups -OCH3 is 1. The van der Waals surface area contributed by atoms with Gasteiger partial charge in [0.1, 0.15) is 11.8 Å². The highest BCUT2D eigenvalue weighted by Crippen LogP contribution is 2.37. The first-order valence-electron chi connectivity index (χ1n) is 11.3. The van der Waals surface area contributed by atoms with Crippen LogP contribution in [0.25, 0.3) is 22.0 Å². The molecule has 35 heavy (non-hydrogen) atoms. The smallest absolute Gasteiger partial charge is 0.238 e. The molecule has 0 spiro atoms. The molecule has 1 N–H and O–H groups in total. The van der Waals surface area contributed by atoms with Gasteiger partial charge in [-0.15, -0.1) is 0 Å². The molecule has 1 saturated heterocycles. The third kappa shape index (κ3) is 5.01. The van der Waals surface area contributed by atoms with Crippen molar-refractivity contribution < 1.29 is 17.9 Å². The van der Waals surface area contributed by atoms with Crippen LogP contribution >= 0.6 is 0 Å². The normalized spacial score (nSPS) is 18.5. The summed E-state index contributed by atoms with van der Waals surface area (Å²) < 4.78 is 37.5. The lowest BCUT2D eigenvalue weighted by molar-refractivity contribution is -0.0728. The fourth-order valence-electron chi connectivity index (χ4n) is 4.26. The van der Waals surface area contributed by atoms with E-state index in [0.29, 0.717) is 36.7 Å². The molecule has 9 nitrogen and oxygen atoms in total. The molecule has 3 heterocycles. The topological polar surface area (TPSA) is 117 Å². The second-order valence-corrected chi connectivity index (χ2v) is 11.0. The number of fused-ring (bicyclic) bond motifs is 1. The maximum Gasteiger partial charge on any atom is 0.238 e. The van der Waals surface area contributed by atoms with Gasteiger partial charge in [-0.3, -0.25) is 9.71 Å². The summed E-state index contributed by atoms with van der Waals surface area (Å²) in [5, 5.41) is 10.7. The maximum absolute atomic E-state index is 11.8. The molecule has 1 unspecified atom stereocenters. The molecule has 184 valence electrons. The van der Waals surface area contributed by atoms with Crippen molar-refractivity contribution in [1.29, 1.82) is 5.26 Å². The van der Waals surface area contributed by atoms with Gasteiger partial charge in [-0.2, -0.15) is 5.26 Å². The van der Waals surface area contributed by atoms with Gasteiger partial charge >= 0.3 is 0 Å². The van der Waals surface area contributed by atoms with Gasteiger partial charge in [-0.05, 0) is 36.6 Å². The monoisotopic (exact) mass is 495 g/mol. The van der Waals surface area contributed by atoms with Gasteiger partial charge in [0.2, 0.25) is 15.9 Å². The molecule has 3 aromatic rings. The van der Waals surface area contributed by atoms with Crippen LogP contribution in [0.3, 0.4) is 0 Å². The van der Waals surface area contributed by atoms with Crippen LogP contribution in [-0.4, -0.2) is 57.0 Å². The molecule has 0 bridgehead atoms. The predicted molar refractivity (Wildman–Crippen MR) is 136 cm³/mol. The summed E-state index contributed by atoms with van der Waals surface area (Å²) in [4.78, 5) is 11.0. The van der Waals surface area contributed by atoms with Crippen LogP contribution in [0.2, 0.25) is 0 Å². The van der Waals surface area contributed by atoms with Gasteiger partial charge in [0.05, 0.1) is 42.3 Å². The van der Waals surface area contributed by atoms with E-state index in [1.54, 1.807) is 18.5 Å². The maximum atomic E-state index is 11.8. The number of nitrogens with zero attached hydrogens (tertiary/aromatic N) is 4. The minimum absolute atomic E-state index is 0.176. The largest absolute Gasteiger partial charge is 0.480 e. The number of rotatable bonds is 6. The highest BCUT2D eigenvalue weighted by atomic mass is 32.2. The number of nitriles is 1. The summed E-state index contributed by atoms with van der Waals surface area (Å²) in [5.41, 5.74) is 3.49. The lowest BCUT2D eigenvalue weighted by atomic mass is 9.90. The minimum atomic E-state index is -3.53. The van der Waals surface area contributed by atoms with E-state index in [0.717, 1.165) is 28.4 Å². The molecule has 0 saturated carbocycles. The first-order valence-corrected chi connectivity index (χ1v) is 13.2. The second kappa shape index (κ2) is 9.32. The number of hydrogen-bond acceptors (Lipinski definition) is 8. The highest BCUT2D eigenvalue weighted by molar-refractivity contribution is 7.92. The van der Waals surface area contributed by atoms with E-state index < -0.39 is 10.0 Å². The summed E-state index contributed by atoms with van der Waals surface area (Å²) in [6.07, 6.45) is 4.31. The van der Waals surface area contributed by atoms with Gasteiger partial charge in [0.25, 0.3) is 0 Å². The van der Waals surface area contributed by atoms with E-state index in [4.69, 9.17) is 9.47 Å². The molecule has 0 radical (unpaired) electrons. The minimum Gasteiger partial charge on any atom is -0.480 e. The fraction of sp³-hybridized carbons (Fsp3) is 0.400. The van der Waals surface area contributed by atoms with E-state index in [9.17, 15) is 13.7 Å². The van der Waals surface area contributed by atoms with Crippen LogP contribution in [0.5, 0.6) is 5.88 Å². The molecule has 2 aromatic heterocycles. The summed E-state index contributed by atoms with van der Waals surface area (Å²) in [7, 11) is -2.10. The van der Waals surface area contributed by atoms with Crippen LogP contribution in [0.15, 0.2) is 36.7 Å². The average molecular weight is 496 g/mol. The molecule has 1 fully saturated rings. The Bertz CT molecular complexity index is 1420. The number of benzene rings is 1. The van der Waals surface area contributed by atoms with Crippen molar-refractivity contribution in [3.63, 3.8) is 0 Å². The Kier molecular flexibility index (Phi) is 6.58. The van der Waals surface area contributed by atoms with Crippen LogP contribution in [-0.2, 0) is 14.8 Å². The number of sulfonamides is 1. The zero-order chi connectivity index (χ0) is 25.4. The van der Waals surface area contributed by atoms with Crippen LogP contribution in [0, 0.1) is 17.2 Å². The zero-order valence-electron chi connectivity index (χ0n) is 20.5. The van der Waals surface area contributed by atoms with E-state index in [2.05, 4.69) is 46.4 Å². The van der Waals surface area contributed by atoms with Gasteiger partial charge < -0.3 is 14.4 Å². The Morgan fingerprint density at radius 2 is 2.00 bits per heavy atom. The molecule has 0 aliphatic carbocycles. The lowest BCUT2D eigenvalue weighted by Crippen LogP contribution is -2.53. The number of morpholine rings is 1. The predicted octanol–water partition coefficient (Wildman–Crippen LogP) is 3.80. The third-order valence-electron chi connectivity index (χ3n) is 6.47. The average Bonchev–Trinajstić information content (AvgIpc) is 2.81.